The van der Waals surface area contributed by atoms with Crippen molar-refractivity contribution in [2.45, 2.75) is 6.92 Å². The minimum absolute atomic E-state index is 0.0703. The normalized spacial score (nSPS) is 17.8. The van der Waals surface area contributed by atoms with Crippen LogP contribution in [0.1, 0.15) is 5.56 Å². The third kappa shape index (κ3) is 6.47. The predicted octanol–water partition coefficient (Wildman–Crippen LogP) is 2.55. The van der Waals surface area contributed by atoms with Crippen molar-refractivity contribution in [1.82, 2.24) is 14.7 Å². The van der Waals surface area contributed by atoms with Crippen molar-refractivity contribution in [2.75, 3.05) is 75.7 Å². The molecule has 2 aromatic carbocycles. The Morgan fingerprint density at radius 1 is 0.848 bits per heavy atom. The van der Waals surface area contributed by atoms with Gasteiger partial charge in [0, 0.05) is 58.0 Å². The number of hydrogen-bond acceptors (Lipinski definition) is 5. The summed E-state index contributed by atoms with van der Waals surface area (Å²) >= 11 is 6.11. The summed E-state index contributed by atoms with van der Waals surface area (Å²) in [6.45, 7) is 9.24. The molecule has 7 nitrogen and oxygen atoms in total. The Kier molecular flexibility index (Phi) is 7.85. The third-order valence-electron chi connectivity index (χ3n) is 6.34. The van der Waals surface area contributed by atoms with Crippen LogP contribution < -0.4 is 10.2 Å². The molecule has 2 amide bonds. The monoisotopic (exact) mass is 469 g/mol. The van der Waals surface area contributed by atoms with Gasteiger partial charge in [-0.05, 0) is 36.8 Å². The van der Waals surface area contributed by atoms with E-state index in [1.165, 1.54) is 11.3 Å². The number of aryl methyl sites for hydroxylation is 1. The summed E-state index contributed by atoms with van der Waals surface area (Å²) in [5, 5.41) is 3.41. The molecule has 2 aromatic rings. The SMILES string of the molecule is Cc1cccc(N2CCN(C(=O)CN3CCN(CC(=O)Nc4ccccc4Cl)CC3)CC2)c1. The highest BCUT2D eigenvalue weighted by molar-refractivity contribution is 6.33. The van der Waals surface area contributed by atoms with E-state index >= 15 is 0 Å². The van der Waals surface area contributed by atoms with E-state index in [0.29, 0.717) is 23.8 Å². The van der Waals surface area contributed by atoms with Gasteiger partial charge in [-0.15, -0.1) is 0 Å². The molecule has 176 valence electrons. The summed E-state index contributed by atoms with van der Waals surface area (Å²) in [6, 6.07) is 15.8. The number of hydrogen-bond donors (Lipinski definition) is 1. The van der Waals surface area contributed by atoms with Crippen LogP contribution >= 0.6 is 11.6 Å². The van der Waals surface area contributed by atoms with Gasteiger partial charge in [0.15, 0.2) is 0 Å². The fraction of sp³-hybridized carbons (Fsp3) is 0.440. The number of carbonyl (C=O) groups is 2. The lowest BCUT2D eigenvalue weighted by Crippen LogP contribution is -2.54. The summed E-state index contributed by atoms with van der Waals surface area (Å²) in [7, 11) is 0. The second-order valence-corrected chi connectivity index (χ2v) is 9.19. The summed E-state index contributed by atoms with van der Waals surface area (Å²) in [5.41, 5.74) is 3.12. The average molecular weight is 470 g/mol. The van der Waals surface area contributed by atoms with Gasteiger partial charge in [-0.25, -0.2) is 0 Å². The highest BCUT2D eigenvalue weighted by Gasteiger charge is 2.25. The molecule has 33 heavy (non-hydrogen) atoms. The van der Waals surface area contributed by atoms with Gasteiger partial charge in [-0.2, -0.15) is 0 Å². The second kappa shape index (κ2) is 11.0. The van der Waals surface area contributed by atoms with E-state index in [4.69, 9.17) is 11.6 Å². The molecule has 0 unspecified atom stereocenters. The van der Waals surface area contributed by atoms with Gasteiger partial charge >= 0.3 is 0 Å². The highest BCUT2D eigenvalue weighted by Crippen LogP contribution is 2.20. The largest absolute Gasteiger partial charge is 0.368 e. The first-order valence-corrected chi connectivity index (χ1v) is 11.9. The Morgan fingerprint density at radius 2 is 1.52 bits per heavy atom. The van der Waals surface area contributed by atoms with E-state index in [0.717, 1.165) is 52.4 Å². The van der Waals surface area contributed by atoms with Crippen LogP contribution in [0.25, 0.3) is 0 Å². The maximum Gasteiger partial charge on any atom is 0.238 e. The molecular weight excluding hydrogens is 438 g/mol. The zero-order chi connectivity index (χ0) is 23.2. The fourth-order valence-electron chi connectivity index (χ4n) is 4.39. The third-order valence-corrected chi connectivity index (χ3v) is 6.67. The number of nitrogens with one attached hydrogen (secondary N) is 1. The molecule has 0 saturated carbocycles. The molecule has 2 saturated heterocycles. The molecule has 2 aliphatic heterocycles. The van der Waals surface area contributed by atoms with Gasteiger partial charge in [-0.3, -0.25) is 19.4 Å². The first-order valence-electron chi connectivity index (χ1n) is 11.6. The van der Waals surface area contributed by atoms with Gasteiger partial charge in [0.2, 0.25) is 11.8 Å². The number of benzene rings is 2. The maximum absolute atomic E-state index is 12.8. The quantitative estimate of drug-likeness (QED) is 0.704. The number of rotatable bonds is 6. The molecule has 0 aromatic heterocycles. The first-order chi connectivity index (χ1) is 16.0. The van der Waals surface area contributed by atoms with Crippen LogP contribution in [0.5, 0.6) is 0 Å². The van der Waals surface area contributed by atoms with Crippen molar-refractivity contribution in [3.8, 4) is 0 Å². The van der Waals surface area contributed by atoms with Crippen LogP contribution in [0.3, 0.4) is 0 Å². The number of nitrogens with zero attached hydrogens (tertiary/aromatic N) is 4. The van der Waals surface area contributed by atoms with Gasteiger partial charge in [0.05, 0.1) is 23.8 Å². The maximum atomic E-state index is 12.8. The topological polar surface area (TPSA) is 59.1 Å². The second-order valence-electron chi connectivity index (χ2n) is 8.79. The smallest absolute Gasteiger partial charge is 0.238 e. The molecule has 2 fully saturated rings. The Morgan fingerprint density at radius 3 is 2.18 bits per heavy atom. The Balaban J connectivity index is 1.17. The molecule has 0 aliphatic carbocycles. The predicted molar refractivity (Wildman–Crippen MR) is 133 cm³/mol. The van der Waals surface area contributed by atoms with Crippen LogP contribution in [0.15, 0.2) is 48.5 Å². The minimum atomic E-state index is -0.0703. The molecule has 4 rings (SSSR count). The highest BCUT2D eigenvalue weighted by atomic mass is 35.5. The fourth-order valence-corrected chi connectivity index (χ4v) is 4.57. The van der Waals surface area contributed by atoms with Crippen molar-refractivity contribution in [3.05, 3.63) is 59.1 Å². The van der Waals surface area contributed by atoms with Crippen molar-refractivity contribution in [1.29, 1.82) is 0 Å². The van der Waals surface area contributed by atoms with E-state index in [-0.39, 0.29) is 11.8 Å². The average Bonchev–Trinajstić information content (AvgIpc) is 2.82. The summed E-state index contributed by atoms with van der Waals surface area (Å²) < 4.78 is 0. The van der Waals surface area contributed by atoms with Crippen molar-refractivity contribution < 1.29 is 9.59 Å². The minimum Gasteiger partial charge on any atom is -0.368 e. The lowest BCUT2D eigenvalue weighted by molar-refractivity contribution is -0.133. The number of para-hydroxylation sites is 1. The van der Waals surface area contributed by atoms with E-state index in [9.17, 15) is 9.59 Å². The van der Waals surface area contributed by atoms with Crippen LogP contribution in [0, 0.1) is 6.92 Å². The molecule has 0 radical (unpaired) electrons. The number of amides is 2. The molecule has 2 heterocycles. The van der Waals surface area contributed by atoms with Gasteiger partial charge in [0.25, 0.3) is 0 Å². The number of carbonyl (C=O) groups excluding carboxylic acids is 2. The lowest BCUT2D eigenvalue weighted by atomic mass is 10.2. The van der Waals surface area contributed by atoms with Crippen LogP contribution in [-0.2, 0) is 9.59 Å². The summed E-state index contributed by atoms with van der Waals surface area (Å²) in [5.74, 6) is 0.128. The Labute approximate surface area is 200 Å². The molecule has 0 bridgehead atoms. The summed E-state index contributed by atoms with van der Waals surface area (Å²) in [4.78, 5) is 33.8. The van der Waals surface area contributed by atoms with Crippen LogP contribution in [-0.4, -0.2) is 92.0 Å². The molecule has 0 atom stereocenters. The zero-order valence-corrected chi connectivity index (χ0v) is 19.9. The van der Waals surface area contributed by atoms with Gasteiger partial charge < -0.3 is 15.1 Å². The molecule has 1 N–H and O–H groups in total. The molecule has 2 aliphatic rings. The first kappa shape index (κ1) is 23.5. The van der Waals surface area contributed by atoms with Crippen molar-refractivity contribution in [2.24, 2.45) is 0 Å². The Hall–Kier alpha value is -2.61. The van der Waals surface area contributed by atoms with E-state index in [2.05, 4.69) is 51.2 Å². The lowest BCUT2D eigenvalue weighted by Gasteiger charge is -2.38. The van der Waals surface area contributed by atoms with E-state index < -0.39 is 0 Å². The number of halogens is 1. The standard InChI is InChI=1S/C25H32ClN5O2/c1-20-5-4-6-21(17-20)30-13-15-31(16-14-30)25(33)19-29-11-9-28(10-12-29)18-24(32)27-23-8-3-2-7-22(23)26/h2-8,17H,9-16,18-19H2,1H3,(H,27,32). The van der Waals surface area contributed by atoms with Crippen LogP contribution in [0.4, 0.5) is 11.4 Å². The number of anilines is 2. The van der Waals surface area contributed by atoms with Crippen LogP contribution in [0.2, 0.25) is 5.02 Å². The molecule has 8 heteroatoms. The molecule has 0 spiro atoms. The zero-order valence-electron chi connectivity index (χ0n) is 19.2. The summed E-state index contributed by atoms with van der Waals surface area (Å²) in [6.07, 6.45) is 0. The van der Waals surface area contributed by atoms with Crippen molar-refractivity contribution >= 4 is 34.8 Å². The van der Waals surface area contributed by atoms with E-state index in [1.54, 1.807) is 12.1 Å². The van der Waals surface area contributed by atoms with Gasteiger partial charge in [0.1, 0.15) is 0 Å². The van der Waals surface area contributed by atoms with E-state index in [1.807, 2.05) is 17.0 Å². The molecular formula is C25H32ClN5O2. The Bertz CT molecular complexity index is 969. The van der Waals surface area contributed by atoms with Crippen molar-refractivity contribution in [3.63, 3.8) is 0 Å². The van der Waals surface area contributed by atoms with Gasteiger partial charge in [-0.1, -0.05) is 35.9 Å². The number of piperazine rings is 2.